The first-order chi connectivity index (χ1) is 11.1. The van der Waals surface area contributed by atoms with E-state index in [1.54, 1.807) is 24.4 Å². The molecule has 1 fully saturated rings. The maximum atomic E-state index is 12.3. The van der Waals surface area contributed by atoms with Crippen molar-refractivity contribution in [3.8, 4) is 0 Å². The van der Waals surface area contributed by atoms with Gasteiger partial charge in [0.15, 0.2) is 0 Å². The number of ether oxygens (including phenoxy) is 1. The molecule has 5 nitrogen and oxygen atoms in total. The Hall–Kier alpha value is -2.11. The van der Waals surface area contributed by atoms with Crippen molar-refractivity contribution in [3.63, 3.8) is 0 Å². The second-order valence-corrected chi connectivity index (χ2v) is 5.85. The molecule has 1 amide bonds. The van der Waals surface area contributed by atoms with Crippen LogP contribution in [-0.2, 0) is 4.74 Å². The van der Waals surface area contributed by atoms with Gasteiger partial charge in [-0.3, -0.25) is 4.79 Å². The molecule has 2 heterocycles. The molecule has 0 bridgehead atoms. The summed E-state index contributed by atoms with van der Waals surface area (Å²) in [6, 6.07) is 9.03. The van der Waals surface area contributed by atoms with Crippen LogP contribution in [0.5, 0.6) is 0 Å². The molecule has 1 aliphatic rings. The van der Waals surface area contributed by atoms with Crippen molar-refractivity contribution in [1.82, 2.24) is 4.98 Å². The summed E-state index contributed by atoms with van der Waals surface area (Å²) in [7, 11) is 0. The maximum absolute atomic E-state index is 12.3. The molecule has 1 saturated heterocycles. The molecule has 3 rings (SSSR count). The van der Waals surface area contributed by atoms with Gasteiger partial charge in [-0.25, -0.2) is 4.98 Å². The van der Waals surface area contributed by atoms with Crippen LogP contribution in [0.3, 0.4) is 0 Å². The first-order valence-corrected chi connectivity index (χ1v) is 7.87. The normalized spacial score (nSPS) is 14.6. The van der Waals surface area contributed by atoms with Crippen LogP contribution in [0.2, 0.25) is 5.02 Å². The third kappa shape index (κ3) is 3.81. The molecule has 120 valence electrons. The zero-order valence-corrected chi connectivity index (χ0v) is 13.6. The number of aromatic nitrogens is 1. The van der Waals surface area contributed by atoms with Gasteiger partial charge in [0.25, 0.3) is 5.91 Å². The Balaban J connectivity index is 1.69. The highest BCUT2D eigenvalue weighted by Gasteiger charge is 2.14. The average Bonchev–Trinajstić information content (AvgIpc) is 2.58. The molecule has 1 N–H and O–H groups in total. The average molecular weight is 332 g/mol. The van der Waals surface area contributed by atoms with Crippen molar-refractivity contribution in [1.29, 1.82) is 0 Å². The van der Waals surface area contributed by atoms with Gasteiger partial charge < -0.3 is 15.0 Å². The van der Waals surface area contributed by atoms with Crippen LogP contribution in [-0.4, -0.2) is 37.2 Å². The molecular formula is C17H18ClN3O2. The lowest BCUT2D eigenvalue weighted by Gasteiger charge is -2.27. The zero-order chi connectivity index (χ0) is 16.2. The number of amides is 1. The molecule has 0 atom stereocenters. The second-order valence-electron chi connectivity index (χ2n) is 5.42. The Kier molecular flexibility index (Phi) is 4.79. The highest BCUT2D eigenvalue weighted by Crippen LogP contribution is 2.20. The monoisotopic (exact) mass is 331 g/mol. The Bertz CT molecular complexity index is 697. The number of rotatable bonds is 3. The Morgan fingerprint density at radius 3 is 2.70 bits per heavy atom. The van der Waals surface area contributed by atoms with Gasteiger partial charge in [0.1, 0.15) is 5.82 Å². The maximum Gasteiger partial charge on any atom is 0.257 e. The lowest BCUT2D eigenvalue weighted by atomic mass is 10.2. The number of hydrogen-bond donors (Lipinski definition) is 1. The summed E-state index contributed by atoms with van der Waals surface area (Å²) < 4.78 is 5.33. The number of nitrogens with zero attached hydrogens (tertiary/aromatic N) is 2. The van der Waals surface area contributed by atoms with E-state index in [0.29, 0.717) is 23.8 Å². The first-order valence-electron chi connectivity index (χ1n) is 7.50. The summed E-state index contributed by atoms with van der Waals surface area (Å²) >= 11 is 5.93. The fraction of sp³-hybridized carbons (Fsp3) is 0.294. The van der Waals surface area contributed by atoms with Crippen molar-refractivity contribution in [2.24, 2.45) is 0 Å². The van der Waals surface area contributed by atoms with Crippen molar-refractivity contribution in [2.45, 2.75) is 6.92 Å². The van der Waals surface area contributed by atoms with Crippen LogP contribution in [0.15, 0.2) is 36.5 Å². The van der Waals surface area contributed by atoms with E-state index in [0.717, 1.165) is 30.2 Å². The molecule has 0 unspecified atom stereocenters. The number of anilines is 2. The fourth-order valence-corrected chi connectivity index (χ4v) is 2.69. The molecule has 0 aliphatic carbocycles. The highest BCUT2D eigenvalue weighted by molar-refractivity contribution is 6.30. The lowest BCUT2D eigenvalue weighted by Crippen LogP contribution is -2.36. The van der Waals surface area contributed by atoms with Crippen molar-refractivity contribution < 1.29 is 9.53 Å². The molecule has 0 saturated carbocycles. The molecule has 6 heteroatoms. The number of aryl methyl sites for hydroxylation is 1. The molecule has 23 heavy (non-hydrogen) atoms. The predicted molar refractivity (Wildman–Crippen MR) is 91.4 cm³/mol. The molecule has 0 spiro atoms. The van der Waals surface area contributed by atoms with Crippen LogP contribution >= 0.6 is 11.6 Å². The third-order valence-electron chi connectivity index (χ3n) is 3.78. The Morgan fingerprint density at radius 2 is 2.04 bits per heavy atom. The quantitative estimate of drug-likeness (QED) is 0.938. The second kappa shape index (κ2) is 6.98. The van der Waals surface area contributed by atoms with E-state index >= 15 is 0 Å². The molecule has 1 aromatic heterocycles. The van der Waals surface area contributed by atoms with Crippen LogP contribution in [0.25, 0.3) is 0 Å². The van der Waals surface area contributed by atoms with Gasteiger partial charge in [0.05, 0.1) is 18.8 Å². The van der Waals surface area contributed by atoms with E-state index in [9.17, 15) is 4.79 Å². The van der Waals surface area contributed by atoms with Crippen molar-refractivity contribution >= 4 is 29.0 Å². The van der Waals surface area contributed by atoms with Gasteiger partial charge in [-0.2, -0.15) is 0 Å². The minimum Gasteiger partial charge on any atom is -0.378 e. The molecule has 1 aliphatic heterocycles. The zero-order valence-electron chi connectivity index (χ0n) is 12.9. The number of nitrogens with one attached hydrogen (secondary N) is 1. The summed E-state index contributed by atoms with van der Waals surface area (Å²) in [5.74, 6) is 0.684. The van der Waals surface area contributed by atoms with Gasteiger partial charge in [0, 0.05) is 30.0 Å². The molecule has 2 aromatic rings. The number of morpholine rings is 1. The highest BCUT2D eigenvalue weighted by atomic mass is 35.5. The van der Waals surface area contributed by atoms with E-state index in [4.69, 9.17) is 16.3 Å². The van der Waals surface area contributed by atoms with Gasteiger partial charge in [-0.1, -0.05) is 11.6 Å². The van der Waals surface area contributed by atoms with Crippen molar-refractivity contribution in [3.05, 3.63) is 52.7 Å². The van der Waals surface area contributed by atoms with Crippen LogP contribution in [0.4, 0.5) is 11.5 Å². The number of halogens is 1. The molecular weight excluding hydrogens is 314 g/mol. The predicted octanol–water partition coefficient (Wildman–Crippen LogP) is 3.13. The Morgan fingerprint density at radius 1 is 1.26 bits per heavy atom. The van der Waals surface area contributed by atoms with Crippen LogP contribution in [0, 0.1) is 6.92 Å². The molecule has 0 radical (unpaired) electrons. The van der Waals surface area contributed by atoms with Gasteiger partial charge in [-0.15, -0.1) is 0 Å². The number of pyridine rings is 1. The van der Waals surface area contributed by atoms with E-state index < -0.39 is 0 Å². The number of hydrogen-bond acceptors (Lipinski definition) is 4. The fourth-order valence-electron chi connectivity index (χ4n) is 2.46. The summed E-state index contributed by atoms with van der Waals surface area (Å²) in [4.78, 5) is 18.9. The van der Waals surface area contributed by atoms with E-state index in [2.05, 4.69) is 15.2 Å². The number of carbonyl (C=O) groups is 1. The Labute approximate surface area is 140 Å². The summed E-state index contributed by atoms with van der Waals surface area (Å²) in [6.07, 6.45) is 1.60. The van der Waals surface area contributed by atoms with Crippen molar-refractivity contribution in [2.75, 3.05) is 36.5 Å². The summed E-state index contributed by atoms with van der Waals surface area (Å²) in [6.45, 7) is 4.96. The van der Waals surface area contributed by atoms with Gasteiger partial charge in [-0.05, 0) is 42.8 Å². The van der Waals surface area contributed by atoms with E-state index in [1.165, 1.54) is 0 Å². The SMILES string of the molecule is Cc1cc(Cl)ccc1NC(=O)c1ccc(N2CCOCC2)nc1. The third-order valence-corrected chi connectivity index (χ3v) is 4.02. The standard InChI is InChI=1S/C17H18ClN3O2/c1-12-10-14(18)3-4-15(12)20-17(22)13-2-5-16(19-11-13)21-6-8-23-9-7-21/h2-5,10-11H,6-9H2,1H3,(H,20,22). The van der Waals surface area contributed by atoms with Crippen LogP contribution < -0.4 is 10.2 Å². The first kappa shape index (κ1) is 15.8. The summed E-state index contributed by atoms with van der Waals surface area (Å²) in [5.41, 5.74) is 2.19. The topological polar surface area (TPSA) is 54.5 Å². The molecule has 1 aromatic carbocycles. The van der Waals surface area contributed by atoms with E-state index in [1.807, 2.05) is 19.1 Å². The minimum atomic E-state index is -0.184. The largest absolute Gasteiger partial charge is 0.378 e. The summed E-state index contributed by atoms with van der Waals surface area (Å²) in [5, 5.41) is 3.53. The lowest BCUT2D eigenvalue weighted by molar-refractivity contribution is 0.102. The minimum absolute atomic E-state index is 0.184. The van der Waals surface area contributed by atoms with E-state index in [-0.39, 0.29) is 5.91 Å². The van der Waals surface area contributed by atoms with Gasteiger partial charge >= 0.3 is 0 Å². The van der Waals surface area contributed by atoms with Gasteiger partial charge in [0.2, 0.25) is 0 Å². The van der Waals surface area contributed by atoms with Crippen LogP contribution in [0.1, 0.15) is 15.9 Å². The number of carbonyl (C=O) groups excluding carboxylic acids is 1. The number of benzene rings is 1. The smallest absolute Gasteiger partial charge is 0.257 e.